The van der Waals surface area contributed by atoms with Crippen molar-refractivity contribution in [1.82, 2.24) is 5.32 Å². The summed E-state index contributed by atoms with van der Waals surface area (Å²) in [6, 6.07) is 6.65. The fraction of sp³-hybridized carbons (Fsp3) is 0.571. The minimum absolute atomic E-state index is 0.121. The third-order valence-corrected chi connectivity index (χ3v) is 3.02. The SMILES string of the molecule is Cc1ccc(OCC(O)CO)c(CNC2CC2)c1. The molecule has 4 heteroatoms. The van der Waals surface area contributed by atoms with Crippen molar-refractivity contribution in [2.75, 3.05) is 13.2 Å². The van der Waals surface area contributed by atoms with E-state index in [2.05, 4.69) is 11.4 Å². The third-order valence-electron chi connectivity index (χ3n) is 3.02. The Hall–Kier alpha value is -1.10. The van der Waals surface area contributed by atoms with Gasteiger partial charge in [-0.05, 0) is 25.8 Å². The first-order valence-corrected chi connectivity index (χ1v) is 6.43. The summed E-state index contributed by atoms with van der Waals surface area (Å²) in [6.07, 6.45) is 1.69. The summed E-state index contributed by atoms with van der Waals surface area (Å²) >= 11 is 0. The summed E-state index contributed by atoms with van der Waals surface area (Å²) in [5.41, 5.74) is 2.30. The number of benzene rings is 1. The third kappa shape index (κ3) is 3.98. The van der Waals surface area contributed by atoms with Gasteiger partial charge >= 0.3 is 0 Å². The zero-order valence-corrected chi connectivity index (χ0v) is 10.7. The maximum Gasteiger partial charge on any atom is 0.123 e. The summed E-state index contributed by atoms with van der Waals surface area (Å²) < 4.78 is 5.55. The molecule has 0 heterocycles. The predicted octanol–water partition coefficient (Wildman–Crippen LogP) is 0.979. The lowest BCUT2D eigenvalue weighted by molar-refractivity contribution is 0.0532. The molecule has 1 unspecified atom stereocenters. The van der Waals surface area contributed by atoms with Crippen LogP contribution in [0.5, 0.6) is 5.75 Å². The van der Waals surface area contributed by atoms with Gasteiger partial charge in [0, 0.05) is 18.2 Å². The minimum atomic E-state index is -0.824. The minimum Gasteiger partial charge on any atom is -0.490 e. The van der Waals surface area contributed by atoms with Crippen LogP contribution in [0.15, 0.2) is 18.2 Å². The number of aryl methyl sites for hydroxylation is 1. The second-order valence-corrected chi connectivity index (χ2v) is 4.91. The molecule has 1 aromatic rings. The van der Waals surface area contributed by atoms with E-state index in [-0.39, 0.29) is 13.2 Å². The highest BCUT2D eigenvalue weighted by molar-refractivity contribution is 5.37. The Balaban J connectivity index is 1.97. The molecule has 3 N–H and O–H groups in total. The molecule has 0 amide bonds. The average molecular weight is 251 g/mol. The standard InChI is InChI=1S/C14H21NO3/c1-10-2-5-14(18-9-13(17)8-16)11(6-10)7-15-12-3-4-12/h2,5-6,12-13,15-17H,3-4,7-9H2,1H3. The van der Waals surface area contributed by atoms with Gasteiger partial charge in [0.05, 0.1) is 6.61 Å². The molecule has 1 aliphatic rings. The highest BCUT2D eigenvalue weighted by Crippen LogP contribution is 2.23. The van der Waals surface area contributed by atoms with Crippen LogP contribution >= 0.6 is 0 Å². The first kappa shape index (κ1) is 13.3. The number of hydrogen-bond donors (Lipinski definition) is 3. The number of ether oxygens (including phenoxy) is 1. The molecular formula is C14H21NO3. The summed E-state index contributed by atoms with van der Waals surface area (Å²) in [4.78, 5) is 0. The molecule has 0 bridgehead atoms. The second-order valence-electron chi connectivity index (χ2n) is 4.91. The first-order chi connectivity index (χ1) is 8.69. The molecule has 18 heavy (non-hydrogen) atoms. The van der Waals surface area contributed by atoms with Gasteiger partial charge in [0.1, 0.15) is 18.5 Å². The number of aliphatic hydroxyl groups is 2. The Labute approximate surface area is 108 Å². The molecule has 2 rings (SSSR count). The van der Waals surface area contributed by atoms with Gasteiger partial charge in [-0.3, -0.25) is 0 Å². The maximum absolute atomic E-state index is 9.30. The first-order valence-electron chi connectivity index (χ1n) is 6.43. The van der Waals surface area contributed by atoms with E-state index in [0.29, 0.717) is 6.04 Å². The van der Waals surface area contributed by atoms with E-state index in [4.69, 9.17) is 9.84 Å². The summed E-state index contributed by atoms with van der Waals surface area (Å²) in [6.45, 7) is 2.68. The molecule has 1 atom stereocenters. The Morgan fingerprint density at radius 2 is 2.22 bits per heavy atom. The van der Waals surface area contributed by atoms with Gasteiger partial charge in [0.2, 0.25) is 0 Å². The molecule has 1 aromatic carbocycles. The Morgan fingerprint density at radius 3 is 2.89 bits per heavy atom. The van der Waals surface area contributed by atoms with Crippen LogP contribution in [0.1, 0.15) is 24.0 Å². The molecule has 100 valence electrons. The molecule has 0 aliphatic heterocycles. The van der Waals surface area contributed by atoms with Crippen molar-refractivity contribution in [3.63, 3.8) is 0 Å². The molecule has 0 aromatic heterocycles. The highest BCUT2D eigenvalue weighted by Gasteiger charge is 2.20. The Kier molecular flexibility index (Phi) is 4.58. The van der Waals surface area contributed by atoms with Crippen molar-refractivity contribution in [3.8, 4) is 5.75 Å². The molecular weight excluding hydrogens is 230 g/mol. The van der Waals surface area contributed by atoms with Crippen molar-refractivity contribution in [1.29, 1.82) is 0 Å². The van der Waals surface area contributed by atoms with Crippen LogP contribution in [-0.2, 0) is 6.54 Å². The summed E-state index contributed by atoms with van der Waals surface area (Å²) in [7, 11) is 0. The van der Waals surface area contributed by atoms with E-state index < -0.39 is 6.10 Å². The van der Waals surface area contributed by atoms with Crippen molar-refractivity contribution >= 4 is 0 Å². The largest absolute Gasteiger partial charge is 0.490 e. The van der Waals surface area contributed by atoms with Crippen LogP contribution in [0.25, 0.3) is 0 Å². The van der Waals surface area contributed by atoms with Crippen LogP contribution in [0.2, 0.25) is 0 Å². The number of nitrogens with one attached hydrogen (secondary N) is 1. The van der Waals surface area contributed by atoms with E-state index in [0.717, 1.165) is 17.9 Å². The molecule has 1 saturated carbocycles. The smallest absolute Gasteiger partial charge is 0.123 e. The molecule has 0 saturated heterocycles. The Bertz CT molecular complexity index is 391. The lowest BCUT2D eigenvalue weighted by Crippen LogP contribution is -2.22. The van der Waals surface area contributed by atoms with Gasteiger partial charge in [-0.25, -0.2) is 0 Å². The number of aliphatic hydroxyl groups excluding tert-OH is 2. The van der Waals surface area contributed by atoms with Gasteiger partial charge in [-0.2, -0.15) is 0 Å². The fourth-order valence-corrected chi connectivity index (χ4v) is 1.77. The van der Waals surface area contributed by atoms with Crippen LogP contribution in [0.4, 0.5) is 0 Å². The van der Waals surface area contributed by atoms with Gasteiger partial charge in [-0.1, -0.05) is 17.7 Å². The van der Waals surface area contributed by atoms with Crippen LogP contribution in [-0.4, -0.2) is 35.6 Å². The van der Waals surface area contributed by atoms with Crippen molar-refractivity contribution in [2.24, 2.45) is 0 Å². The van der Waals surface area contributed by atoms with E-state index in [9.17, 15) is 5.11 Å². The second kappa shape index (κ2) is 6.18. The Morgan fingerprint density at radius 1 is 1.44 bits per heavy atom. The number of rotatable bonds is 7. The normalized spacial score (nSPS) is 16.6. The molecule has 1 fully saturated rings. The van der Waals surface area contributed by atoms with Crippen molar-refractivity contribution in [2.45, 2.75) is 38.5 Å². The van der Waals surface area contributed by atoms with E-state index in [1.54, 1.807) is 0 Å². The predicted molar refractivity (Wildman–Crippen MR) is 69.6 cm³/mol. The van der Waals surface area contributed by atoms with Crippen LogP contribution in [0.3, 0.4) is 0 Å². The highest BCUT2D eigenvalue weighted by atomic mass is 16.5. The van der Waals surface area contributed by atoms with Gasteiger partial charge < -0.3 is 20.3 Å². The zero-order valence-electron chi connectivity index (χ0n) is 10.7. The lowest BCUT2D eigenvalue weighted by atomic mass is 10.1. The van der Waals surface area contributed by atoms with E-state index >= 15 is 0 Å². The lowest BCUT2D eigenvalue weighted by Gasteiger charge is -2.14. The fourth-order valence-electron chi connectivity index (χ4n) is 1.77. The molecule has 0 spiro atoms. The monoisotopic (exact) mass is 251 g/mol. The zero-order chi connectivity index (χ0) is 13.0. The molecule has 0 radical (unpaired) electrons. The molecule has 1 aliphatic carbocycles. The van der Waals surface area contributed by atoms with Gasteiger partial charge in [0.25, 0.3) is 0 Å². The topological polar surface area (TPSA) is 61.7 Å². The number of hydrogen-bond acceptors (Lipinski definition) is 4. The van der Waals surface area contributed by atoms with Gasteiger partial charge in [-0.15, -0.1) is 0 Å². The summed E-state index contributed by atoms with van der Waals surface area (Å²) in [5, 5.41) is 21.5. The summed E-state index contributed by atoms with van der Waals surface area (Å²) in [5.74, 6) is 0.779. The van der Waals surface area contributed by atoms with Crippen LogP contribution < -0.4 is 10.1 Å². The van der Waals surface area contributed by atoms with Crippen molar-refractivity contribution < 1.29 is 14.9 Å². The van der Waals surface area contributed by atoms with Crippen LogP contribution in [0, 0.1) is 6.92 Å². The van der Waals surface area contributed by atoms with Crippen molar-refractivity contribution in [3.05, 3.63) is 29.3 Å². The van der Waals surface area contributed by atoms with E-state index in [1.165, 1.54) is 18.4 Å². The van der Waals surface area contributed by atoms with E-state index in [1.807, 2.05) is 19.1 Å². The quantitative estimate of drug-likeness (QED) is 0.676. The van der Waals surface area contributed by atoms with Gasteiger partial charge in [0.15, 0.2) is 0 Å². The average Bonchev–Trinajstić information content (AvgIpc) is 3.18. The maximum atomic E-state index is 9.30. The molecule has 4 nitrogen and oxygen atoms in total.